The third-order valence-electron chi connectivity index (χ3n) is 2.77. The maximum absolute atomic E-state index is 5.79. The van der Waals surface area contributed by atoms with Crippen molar-refractivity contribution >= 4 is 0 Å². The summed E-state index contributed by atoms with van der Waals surface area (Å²) in [5.74, 6) is 1.99. The molecule has 0 radical (unpaired) electrons. The fraction of sp³-hybridized carbons (Fsp3) is 0.143. The number of H-pyrrole nitrogens is 2. The van der Waals surface area contributed by atoms with E-state index in [0.29, 0.717) is 0 Å². The number of rotatable bonds is 4. The molecule has 3 aromatic heterocycles. The van der Waals surface area contributed by atoms with Gasteiger partial charge in [-0.1, -0.05) is 0 Å². The largest absolute Gasteiger partial charge is 0.465 e. The number of furan rings is 1. The van der Waals surface area contributed by atoms with Crippen LogP contribution in [0.1, 0.15) is 22.9 Å². The van der Waals surface area contributed by atoms with E-state index in [-0.39, 0.29) is 0 Å². The van der Waals surface area contributed by atoms with Gasteiger partial charge in [-0.05, 0) is 36.4 Å². The van der Waals surface area contributed by atoms with E-state index in [1.165, 1.54) is 11.4 Å². The highest BCUT2D eigenvalue weighted by Crippen LogP contribution is 2.14. The molecular formula is C14H14N2O. The van der Waals surface area contributed by atoms with Crippen molar-refractivity contribution in [3.05, 3.63) is 71.7 Å². The van der Waals surface area contributed by atoms with E-state index in [1.54, 1.807) is 0 Å². The SMILES string of the molecule is c1c[nH]c(Cc2ccc(Cc3ccc[nH]3)o2)c1. The minimum Gasteiger partial charge on any atom is -0.465 e. The van der Waals surface area contributed by atoms with Crippen LogP contribution in [0.5, 0.6) is 0 Å². The summed E-state index contributed by atoms with van der Waals surface area (Å²) >= 11 is 0. The molecular weight excluding hydrogens is 212 g/mol. The van der Waals surface area contributed by atoms with Gasteiger partial charge in [0.1, 0.15) is 11.5 Å². The van der Waals surface area contributed by atoms with E-state index in [4.69, 9.17) is 4.42 Å². The predicted molar refractivity (Wildman–Crippen MR) is 65.9 cm³/mol. The van der Waals surface area contributed by atoms with Gasteiger partial charge in [0.15, 0.2) is 0 Å². The lowest BCUT2D eigenvalue weighted by atomic mass is 10.2. The number of hydrogen-bond acceptors (Lipinski definition) is 1. The van der Waals surface area contributed by atoms with Gasteiger partial charge in [-0.2, -0.15) is 0 Å². The second-order valence-corrected chi connectivity index (χ2v) is 4.11. The Kier molecular flexibility index (Phi) is 2.58. The van der Waals surface area contributed by atoms with Crippen molar-refractivity contribution in [2.45, 2.75) is 12.8 Å². The number of hydrogen-bond donors (Lipinski definition) is 2. The molecule has 0 atom stereocenters. The van der Waals surface area contributed by atoms with Gasteiger partial charge in [0.05, 0.1) is 0 Å². The highest BCUT2D eigenvalue weighted by atomic mass is 16.3. The van der Waals surface area contributed by atoms with E-state index in [0.717, 1.165) is 24.4 Å². The van der Waals surface area contributed by atoms with E-state index < -0.39 is 0 Å². The molecule has 0 amide bonds. The Morgan fingerprint density at radius 2 is 1.29 bits per heavy atom. The van der Waals surface area contributed by atoms with Gasteiger partial charge < -0.3 is 14.4 Å². The summed E-state index contributed by atoms with van der Waals surface area (Å²) in [5.41, 5.74) is 2.34. The first-order valence-corrected chi connectivity index (χ1v) is 5.72. The van der Waals surface area contributed by atoms with Gasteiger partial charge in [0, 0.05) is 36.6 Å². The van der Waals surface area contributed by atoms with Crippen LogP contribution < -0.4 is 0 Å². The molecule has 0 aromatic carbocycles. The average Bonchev–Trinajstić information content (AvgIpc) is 3.02. The maximum Gasteiger partial charge on any atom is 0.110 e. The fourth-order valence-electron chi connectivity index (χ4n) is 1.94. The first kappa shape index (κ1) is 10.0. The van der Waals surface area contributed by atoms with Crippen molar-refractivity contribution in [2.75, 3.05) is 0 Å². The summed E-state index contributed by atoms with van der Waals surface area (Å²) in [4.78, 5) is 6.35. The van der Waals surface area contributed by atoms with Crippen LogP contribution in [-0.4, -0.2) is 9.97 Å². The summed E-state index contributed by atoms with van der Waals surface area (Å²) in [6, 6.07) is 12.2. The molecule has 0 aliphatic heterocycles. The van der Waals surface area contributed by atoms with E-state index in [2.05, 4.69) is 22.1 Å². The van der Waals surface area contributed by atoms with E-state index in [9.17, 15) is 0 Å². The zero-order valence-corrected chi connectivity index (χ0v) is 9.44. The number of nitrogens with one attached hydrogen (secondary N) is 2. The van der Waals surface area contributed by atoms with Crippen LogP contribution in [0.25, 0.3) is 0 Å². The van der Waals surface area contributed by atoms with Crippen LogP contribution >= 0.6 is 0 Å². The van der Waals surface area contributed by atoms with Crippen molar-refractivity contribution < 1.29 is 4.42 Å². The van der Waals surface area contributed by atoms with E-state index in [1.807, 2.05) is 36.7 Å². The Bertz CT molecular complexity index is 510. The lowest BCUT2D eigenvalue weighted by Gasteiger charge is -1.95. The predicted octanol–water partition coefficient (Wildman–Crippen LogP) is 3.12. The molecule has 3 rings (SSSR count). The number of aromatic nitrogens is 2. The van der Waals surface area contributed by atoms with E-state index >= 15 is 0 Å². The lowest BCUT2D eigenvalue weighted by molar-refractivity contribution is 0.480. The summed E-state index contributed by atoms with van der Waals surface area (Å²) in [7, 11) is 0. The summed E-state index contributed by atoms with van der Waals surface area (Å²) in [6.45, 7) is 0. The molecule has 0 saturated carbocycles. The van der Waals surface area contributed by atoms with Crippen LogP contribution in [0, 0.1) is 0 Å². The standard InChI is InChI=1S/C14H14N2O/c1-3-11(15-7-1)9-13-5-6-14(17-13)10-12-4-2-8-16-12/h1-8,15-16H,9-10H2. The molecule has 0 saturated heterocycles. The molecule has 3 heteroatoms. The first-order chi connectivity index (χ1) is 8.40. The zero-order valence-electron chi connectivity index (χ0n) is 9.44. The second kappa shape index (κ2) is 4.37. The molecule has 3 aromatic rings. The van der Waals surface area contributed by atoms with Gasteiger partial charge in [0.2, 0.25) is 0 Å². The van der Waals surface area contributed by atoms with Crippen LogP contribution in [-0.2, 0) is 12.8 Å². The molecule has 0 aliphatic carbocycles. The maximum atomic E-state index is 5.79. The molecule has 0 fully saturated rings. The first-order valence-electron chi connectivity index (χ1n) is 5.72. The smallest absolute Gasteiger partial charge is 0.110 e. The normalized spacial score (nSPS) is 10.8. The van der Waals surface area contributed by atoms with Gasteiger partial charge in [0.25, 0.3) is 0 Å². The third kappa shape index (κ3) is 2.33. The molecule has 17 heavy (non-hydrogen) atoms. The number of aromatic amines is 2. The van der Waals surface area contributed by atoms with Crippen molar-refractivity contribution in [1.29, 1.82) is 0 Å². The summed E-state index contributed by atoms with van der Waals surface area (Å²) < 4.78 is 5.79. The Hall–Kier alpha value is -2.16. The highest BCUT2D eigenvalue weighted by molar-refractivity contribution is 5.19. The Morgan fingerprint density at radius 3 is 1.71 bits per heavy atom. The lowest BCUT2D eigenvalue weighted by Crippen LogP contribution is -1.86. The quantitative estimate of drug-likeness (QED) is 0.705. The second-order valence-electron chi connectivity index (χ2n) is 4.11. The molecule has 0 aliphatic rings. The van der Waals surface area contributed by atoms with Gasteiger partial charge >= 0.3 is 0 Å². The topological polar surface area (TPSA) is 44.7 Å². The van der Waals surface area contributed by atoms with Crippen molar-refractivity contribution in [3.63, 3.8) is 0 Å². The van der Waals surface area contributed by atoms with Gasteiger partial charge in [-0.3, -0.25) is 0 Å². The van der Waals surface area contributed by atoms with Gasteiger partial charge in [-0.25, -0.2) is 0 Å². The molecule has 2 N–H and O–H groups in total. The molecule has 0 spiro atoms. The van der Waals surface area contributed by atoms with Crippen LogP contribution in [0.4, 0.5) is 0 Å². The average molecular weight is 226 g/mol. The Labute approximate surface area is 99.5 Å². The zero-order chi connectivity index (χ0) is 11.5. The third-order valence-corrected chi connectivity index (χ3v) is 2.77. The van der Waals surface area contributed by atoms with Crippen molar-refractivity contribution in [3.8, 4) is 0 Å². The molecule has 0 bridgehead atoms. The molecule has 3 nitrogen and oxygen atoms in total. The van der Waals surface area contributed by atoms with Gasteiger partial charge in [-0.15, -0.1) is 0 Å². The molecule has 0 unspecified atom stereocenters. The van der Waals surface area contributed by atoms with Crippen LogP contribution in [0.3, 0.4) is 0 Å². The van der Waals surface area contributed by atoms with Crippen LogP contribution in [0.15, 0.2) is 53.2 Å². The molecule has 86 valence electrons. The minimum absolute atomic E-state index is 0.817. The molecule has 3 heterocycles. The van der Waals surface area contributed by atoms with Crippen molar-refractivity contribution in [2.24, 2.45) is 0 Å². The fourth-order valence-corrected chi connectivity index (χ4v) is 1.94. The van der Waals surface area contributed by atoms with Crippen molar-refractivity contribution in [1.82, 2.24) is 9.97 Å². The van der Waals surface area contributed by atoms with Crippen LogP contribution in [0.2, 0.25) is 0 Å². The minimum atomic E-state index is 0.817. The highest BCUT2D eigenvalue weighted by Gasteiger charge is 2.05. The monoisotopic (exact) mass is 226 g/mol. The Morgan fingerprint density at radius 1 is 0.765 bits per heavy atom. The summed E-state index contributed by atoms with van der Waals surface area (Å²) in [5, 5.41) is 0. The summed E-state index contributed by atoms with van der Waals surface area (Å²) in [6.07, 6.45) is 5.49. The Balaban J connectivity index is 1.70.